The molecule has 5 heterocycles. The summed E-state index contributed by atoms with van der Waals surface area (Å²) in [6.07, 6.45) is 1.26. The Balaban J connectivity index is 1.27. The van der Waals surface area contributed by atoms with Crippen molar-refractivity contribution in [2.75, 3.05) is 0 Å². The van der Waals surface area contributed by atoms with Crippen molar-refractivity contribution in [3.8, 4) is 0 Å². The van der Waals surface area contributed by atoms with Gasteiger partial charge in [-0.3, -0.25) is 4.79 Å². The Labute approximate surface area is 420 Å². The Morgan fingerprint density at radius 1 is 0.676 bits per heavy atom. The van der Waals surface area contributed by atoms with Crippen molar-refractivity contribution < 1.29 is 83.3 Å². The van der Waals surface area contributed by atoms with Crippen molar-refractivity contribution in [3.63, 3.8) is 0 Å². The summed E-state index contributed by atoms with van der Waals surface area (Å²) in [4.78, 5) is 40.7. The molecule has 2 unspecified atom stereocenters. The smallest absolute Gasteiger partial charge is 0.331 e. The van der Waals surface area contributed by atoms with Crippen LogP contribution in [0, 0.1) is 59.2 Å². The number of hydrogen-bond acceptors (Lipinski definition) is 17. The molecule has 0 aliphatic carbocycles. The number of ether oxygens (including phenoxy) is 7. The SMILES string of the molecule is CC[C@H]1C(C)O[C@H](OC(=O)[C@@H](C)[C@H](O)[C@H](C)[C@H]2OC(=O)/C=C/C=C/[C@H](C)[C@@H]([C@@H](C)[C@@H](O)[C@H](C)[C@@]3(O)CC([C@H]4C[C@H](O)[C@H](O)[C@@H](C)O4)[C@H](CC)[C@@H](C)O3)OC(=O)/C=C/C=C/[C@@H]2C)[C@@H]1[C@H]1C[C@H](O)[C@H](O)[C@@H](C)O1. The molecule has 71 heavy (non-hydrogen) atoms. The lowest BCUT2D eigenvalue weighted by atomic mass is 9.69. The number of allylic oxidation sites excluding steroid dienone is 4. The maximum atomic E-state index is 13.8. The van der Waals surface area contributed by atoms with Crippen molar-refractivity contribution >= 4 is 17.9 Å². The number of rotatable bonds is 13. The van der Waals surface area contributed by atoms with Gasteiger partial charge in [0.25, 0.3) is 0 Å². The maximum Gasteiger partial charge on any atom is 0.331 e. The van der Waals surface area contributed by atoms with Crippen molar-refractivity contribution in [3.05, 3.63) is 48.6 Å². The average molecular weight is 1010 g/mol. The fourth-order valence-corrected chi connectivity index (χ4v) is 12.1. The summed E-state index contributed by atoms with van der Waals surface area (Å²) in [6, 6.07) is 0. The average Bonchev–Trinajstić information content (AvgIpc) is 3.64. The third kappa shape index (κ3) is 13.8. The number of cyclic esters (lactones) is 2. The number of carbonyl (C=O) groups excluding carboxylic acids is 3. The Morgan fingerprint density at radius 2 is 1.15 bits per heavy atom. The fraction of sp³-hybridized carbons (Fsp3) is 0.796. The molecule has 5 aliphatic heterocycles. The topological polar surface area (TPSA) is 257 Å². The molecule has 0 spiro atoms. The molecule has 26 atom stereocenters. The highest BCUT2D eigenvalue weighted by Crippen LogP contribution is 2.47. The molecule has 17 heteroatoms. The van der Waals surface area contributed by atoms with Crippen LogP contribution in [0.15, 0.2) is 48.6 Å². The van der Waals surface area contributed by atoms with Crippen LogP contribution in [0.4, 0.5) is 0 Å². The minimum absolute atomic E-state index is 0.0302. The van der Waals surface area contributed by atoms with Gasteiger partial charge in [0, 0.05) is 61.0 Å². The standard InChI is InChI=1S/C54H86O17/c1-13-36-33(10)71-54(64,25-38(36)41-23-39(55)48(61)34(11)65-41)31(8)47(60)29(6)51-27(4)20-16-18-21-43(57)68-50(26(3)19-15-17-22-44(58)69-51)28(5)46(59)30(7)52(63)70-53-45(37(14-2)32(9)67-53)42-24-40(56)49(62)35(12)66-42/h15-22,26-42,45-51,53,55-56,59-62,64H,13-14,23-25H2,1-12H3/b19-15+,20-16+,21-18+,22-17+/t26-,27-,28-,29-,30-,31-,32?,33+,34+,35+,36+,37-,38?,39-,40-,41+,42+,45-,46+,47+,48+,49+,50-,51-,53+,54+/m0/s1. The van der Waals surface area contributed by atoms with Gasteiger partial charge in [0.05, 0.1) is 72.9 Å². The first kappa shape index (κ1) is 58.8. The molecule has 4 saturated heterocycles. The molecule has 17 nitrogen and oxygen atoms in total. The van der Waals surface area contributed by atoms with Crippen LogP contribution in [0.2, 0.25) is 0 Å². The molecule has 0 aromatic carbocycles. The number of aliphatic hydroxyl groups excluding tert-OH is 6. The minimum atomic E-state index is -1.82. The van der Waals surface area contributed by atoms with Gasteiger partial charge in [-0.15, -0.1) is 0 Å². The summed E-state index contributed by atoms with van der Waals surface area (Å²) in [6.45, 7) is 21.3. The summed E-state index contributed by atoms with van der Waals surface area (Å²) < 4.78 is 42.7. The van der Waals surface area contributed by atoms with Crippen LogP contribution in [-0.2, 0) is 47.5 Å². The van der Waals surface area contributed by atoms with E-state index in [0.29, 0.717) is 12.8 Å². The van der Waals surface area contributed by atoms with Gasteiger partial charge in [-0.2, -0.15) is 0 Å². The molecular weight excluding hydrogens is 921 g/mol. The lowest BCUT2D eigenvalue weighted by molar-refractivity contribution is -0.326. The quantitative estimate of drug-likeness (QED) is 0.0993. The van der Waals surface area contributed by atoms with E-state index in [-0.39, 0.29) is 43.1 Å². The van der Waals surface area contributed by atoms with Crippen molar-refractivity contribution in [2.24, 2.45) is 59.2 Å². The molecule has 5 aliphatic rings. The van der Waals surface area contributed by atoms with E-state index in [2.05, 4.69) is 0 Å². The zero-order valence-electron chi connectivity index (χ0n) is 43.8. The summed E-state index contributed by atoms with van der Waals surface area (Å²) in [5, 5.41) is 77.9. The molecule has 404 valence electrons. The monoisotopic (exact) mass is 1010 g/mol. The predicted octanol–water partition coefficient (Wildman–Crippen LogP) is 4.46. The molecule has 0 radical (unpaired) electrons. The molecule has 0 bridgehead atoms. The Morgan fingerprint density at radius 3 is 1.65 bits per heavy atom. The van der Waals surface area contributed by atoms with Crippen LogP contribution < -0.4 is 0 Å². The third-order valence-corrected chi connectivity index (χ3v) is 16.7. The van der Waals surface area contributed by atoms with E-state index < -0.39 is 151 Å². The van der Waals surface area contributed by atoms with Gasteiger partial charge < -0.3 is 68.9 Å². The summed E-state index contributed by atoms with van der Waals surface area (Å²) in [5.74, 6) is -9.33. The highest BCUT2D eigenvalue weighted by Gasteiger charge is 2.55. The van der Waals surface area contributed by atoms with Crippen LogP contribution in [0.1, 0.15) is 115 Å². The molecule has 7 N–H and O–H groups in total. The Bertz CT molecular complexity index is 1850. The van der Waals surface area contributed by atoms with Crippen LogP contribution >= 0.6 is 0 Å². The highest BCUT2D eigenvalue weighted by atomic mass is 16.7. The molecule has 0 saturated carbocycles. The summed E-state index contributed by atoms with van der Waals surface area (Å²) in [5.41, 5.74) is 0. The zero-order valence-corrected chi connectivity index (χ0v) is 43.8. The van der Waals surface area contributed by atoms with E-state index in [1.165, 1.54) is 31.2 Å². The highest BCUT2D eigenvalue weighted by molar-refractivity contribution is 5.83. The first-order chi connectivity index (χ1) is 33.3. The second-order valence-corrected chi connectivity index (χ2v) is 21.5. The first-order valence-corrected chi connectivity index (χ1v) is 26.1. The molecule has 0 aromatic heterocycles. The van der Waals surface area contributed by atoms with Crippen LogP contribution in [0.5, 0.6) is 0 Å². The number of aliphatic hydroxyl groups is 7. The van der Waals surface area contributed by atoms with Gasteiger partial charge in [-0.05, 0) is 52.4 Å². The van der Waals surface area contributed by atoms with Crippen LogP contribution in [0.25, 0.3) is 0 Å². The van der Waals surface area contributed by atoms with E-state index >= 15 is 0 Å². The summed E-state index contributed by atoms with van der Waals surface area (Å²) >= 11 is 0. The second kappa shape index (κ2) is 25.4. The van der Waals surface area contributed by atoms with Gasteiger partial charge >= 0.3 is 17.9 Å². The molecule has 0 amide bonds. The predicted molar refractivity (Wildman–Crippen MR) is 260 cm³/mol. The first-order valence-electron chi connectivity index (χ1n) is 26.1. The lowest BCUT2D eigenvalue weighted by Crippen LogP contribution is -2.60. The number of esters is 3. The van der Waals surface area contributed by atoms with Gasteiger partial charge in [0.2, 0.25) is 6.29 Å². The van der Waals surface area contributed by atoms with E-state index in [0.717, 1.165) is 0 Å². The molecule has 4 fully saturated rings. The molecule has 5 rings (SSSR count). The van der Waals surface area contributed by atoms with E-state index in [1.807, 2.05) is 27.7 Å². The fourth-order valence-electron chi connectivity index (χ4n) is 12.1. The lowest BCUT2D eigenvalue weighted by Gasteiger charge is -2.52. The van der Waals surface area contributed by atoms with Gasteiger partial charge in [0.15, 0.2) is 5.79 Å². The third-order valence-electron chi connectivity index (χ3n) is 16.7. The Kier molecular flexibility index (Phi) is 21.1. The zero-order chi connectivity index (χ0) is 52.8. The normalized spacial score (nSPS) is 45.2. The van der Waals surface area contributed by atoms with Gasteiger partial charge in [-0.1, -0.05) is 97.8 Å². The second-order valence-electron chi connectivity index (χ2n) is 21.5. The van der Waals surface area contributed by atoms with Crippen LogP contribution in [-0.4, -0.2) is 151 Å². The molecular formula is C54H86O17. The summed E-state index contributed by atoms with van der Waals surface area (Å²) in [7, 11) is 0. The number of carbonyl (C=O) groups is 3. The van der Waals surface area contributed by atoms with E-state index in [4.69, 9.17) is 33.2 Å². The van der Waals surface area contributed by atoms with Crippen molar-refractivity contribution in [1.29, 1.82) is 0 Å². The maximum absolute atomic E-state index is 13.8. The minimum Gasteiger partial charge on any atom is -0.458 e. The van der Waals surface area contributed by atoms with E-state index in [1.54, 1.807) is 72.8 Å². The van der Waals surface area contributed by atoms with Crippen molar-refractivity contribution in [1.82, 2.24) is 0 Å². The Hall–Kier alpha value is -3.07. The van der Waals surface area contributed by atoms with Crippen LogP contribution in [0.3, 0.4) is 0 Å². The van der Waals surface area contributed by atoms with E-state index in [9.17, 15) is 50.1 Å². The van der Waals surface area contributed by atoms with Gasteiger partial charge in [0.1, 0.15) is 24.4 Å². The largest absolute Gasteiger partial charge is 0.458 e. The van der Waals surface area contributed by atoms with Crippen molar-refractivity contribution in [2.45, 2.75) is 213 Å². The molecule has 0 aromatic rings. The number of hydrogen-bond donors (Lipinski definition) is 7. The van der Waals surface area contributed by atoms with Gasteiger partial charge in [-0.25, -0.2) is 9.59 Å².